The Morgan fingerprint density at radius 2 is 1.50 bits per heavy atom. The molecule has 0 saturated carbocycles. The van der Waals surface area contributed by atoms with Gasteiger partial charge in [0.15, 0.2) is 17.8 Å². The van der Waals surface area contributed by atoms with Gasteiger partial charge in [-0.25, -0.2) is 8.78 Å². The van der Waals surface area contributed by atoms with Gasteiger partial charge in [-0.1, -0.05) is 42.0 Å². The molecule has 1 fully saturated rings. The lowest BCUT2D eigenvalue weighted by atomic mass is 10.1. The lowest BCUT2D eigenvalue weighted by Crippen LogP contribution is -2.53. The van der Waals surface area contributed by atoms with Crippen LogP contribution in [0.25, 0.3) is 0 Å². The molecule has 1 atom stereocenters. The molecule has 3 N–H and O–H groups in total. The molecule has 3 amide bonds. The second kappa shape index (κ2) is 10.7. The zero-order valence-electron chi connectivity index (χ0n) is 19.7. The molecular formula is C27H26F2N4O3. The van der Waals surface area contributed by atoms with E-state index in [2.05, 4.69) is 5.32 Å². The number of hydrogen-bond donors (Lipinski definition) is 2. The first-order valence-corrected chi connectivity index (χ1v) is 11.5. The van der Waals surface area contributed by atoms with Crippen molar-refractivity contribution in [3.63, 3.8) is 0 Å². The predicted octanol–water partition coefficient (Wildman–Crippen LogP) is 2.97. The van der Waals surface area contributed by atoms with E-state index in [9.17, 15) is 23.2 Å². The summed E-state index contributed by atoms with van der Waals surface area (Å²) in [6, 6.07) is 17.1. The van der Waals surface area contributed by atoms with Crippen LogP contribution in [0.2, 0.25) is 0 Å². The van der Waals surface area contributed by atoms with E-state index >= 15 is 0 Å². The highest BCUT2D eigenvalue weighted by atomic mass is 19.2. The summed E-state index contributed by atoms with van der Waals surface area (Å²) in [7, 11) is 0. The van der Waals surface area contributed by atoms with Gasteiger partial charge in [-0.15, -0.1) is 0 Å². The molecule has 0 bridgehead atoms. The van der Waals surface area contributed by atoms with E-state index in [1.807, 2.05) is 37.3 Å². The monoisotopic (exact) mass is 492 g/mol. The standard InChI is InChI=1S/C27H26F2N4O3/c1-17-4-2-7-20(12-17)26(35)32-10-11-33(27(36)21-8-9-22(28)23(29)14-21)25(32)24(34)31-16-19-6-3-5-18(13-19)15-30/h2-9,12-14,25H,10-11,15-16,30H2,1H3,(H,31,34). The van der Waals surface area contributed by atoms with E-state index in [1.165, 1.54) is 9.80 Å². The number of nitrogens with one attached hydrogen (secondary N) is 1. The van der Waals surface area contributed by atoms with Crippen LogP contribution in [0, 0.1) is 18.6 Å². The Bertz CT molecular complexity index is 1310. The number of hydrogen-bond acceptors (Lipinski definition) is 4. The maximum atomic E-state index is 13.8. The number of nitrogens with zero attached hydrogens (tertiary/aromatic N) is 2. The molecule has 0 aromatic heterocycles. The Kier molecular flexibility index (Phi) is 7.40. The van der Waals surface area contributed by atoms with Gasteiger partial charge in [0.25, 0.3) is 17.7 Å². The number of amides is 3. The van der Waals surface area contributed by atoms with Gasteiger partial charge in [-0.2, -0.15) is 0 Å². The summed E-state index contributed by atoms with van der Waals surface area (Å²) >= 11 is 0. The maximum Gasteiger partial charge on any atom is 0.264 e. The first-order chi connectivity index (χ1) is 17.3. The number of rotatable bonds is 6. The molecule has 186 valence electrons. The van der Waals surface area contributed by atoms with Gasteiger partial charge in [0.1, 0.15) is 0 Å². The zero-order chi connectivity index (χ0) is 25.8. The summed E-state index contributed by atoms with van der Waals surface area (Å²) < 4.78 is 27.2. The minimum Gasteiger partial charge on any atom is -0.349 e. The summed E-state index contributed by atoms with van der Waals surface area (Å²) in [6.45, 7) is 2.50. The molecule has 1 saturated heterocycles. The Morgan fingerprint density at radius 3 is 2.14 bits per heavy atom. The molecule has 9 heteroatoms. The minimum atomic E-state index is -1.27. The molecule has 1 aliphatic heterocycles. The third-order valence-electron chi connectivity index (χ3n) is 6.05. The van der Waals surface area contributed by atoms with Crippen molar-refractivity contribution in [2.24, 2.45) is 5.73 Å². The number of carbonyl (C=O) groups excluding carboxylic acids is 3. The summed E-state index contributed by atoms with van der Waals surface area (Å²) in [5.74, 6) is -3.92. The van der Waals surface area contributed by atoms with Crippen molar-refractivity contribution in [1.82, 2.24) is 15.1 Å². The molecule has 1 unspecified atom stereocenters. The first kappa shape index (κ1) is 25.0. The van der Waals surface area contributed by atoms with E-state index in [4.69, 9.17) is 5.73 Å². The average molecular weight is 493 g/mol. The van der Waals surface area contributed by atoms with Crippen LogP contribution in [0.1, 0.15) is 37.4 Å². The minimum absolute atomic E-state index is 0.0517. The third kappa shape index (κ3) is 5.26. The largest absolute Gasteiger partial charge is 0.349 e. The van der Waals surface area contributed by atoms with Gasteiger partial charge in [-0.3, -0.25) is 14.4 Å². The molecule has 0 radical (unpaired) electrons. The van der Waals surface area contributed by atoms with Crippen LogP contribution in [0.4, 0.5) is 8.78 Å². The topological polar surface area (TPSA) is 95.7 Å². The van der Waals surface area contributed by atoms with Gasteiger partial charge >= 0.3 is 0 Å². The van der Waals surface area contributed by atoms with E-state index < -0.39 is 35.5 Å². The van der Waals surface area contributed by atoms with Crippen molar-refractivity contribution in [1.29, 1.82) is 0 Å². The Labute approximate surface area is 207 Å². The highest BCUT2D eigenvalue weighted by molar-refractivity contribution is 6.02. The normalized spacial score (nSPS) is 15.2. The summed E-state index contributed by atoms with van der Waals surface area (Å²) in [5.41, 5.74) is 8.53. The summed E-state index contributed by atoms with van der Waals surface area (Å²) in [5, 5.41) is 2.80. The van der Waals surface area contributed by atoms with Gasteiger partial charge in [0, 0.05) is 37.3 Å². The van der Waals surface area contributed by atoms with Crippen LogP contribution in [0.15, 0.2) is 66.7 Å². The molecule has 4 rings (SSSR count). The van der Waals surface area contributed by atoms with Gasteiger partial charge in [-0.05, 0) is 48.4 Å². The number of aryl methyl sites for hydroxylation is 1. The van der Waals surface area contributed by atoms with Gasteiger partial charge < -0.3 is 20.9 Å². The molecule has 1 aliphatic rings. The molecule has 0 aliphatic carbocycles. The van der Waals surface area contributed by atoms with Crippen molar-refractivity contribution >= 4 is 17.7 Å². The lowest BCUT2D eigenvalue weighted by molar-refractivity contribution is -0.128. The molecule has 3 aromatic rings. The summed E-state index contributed by atoms with van der Waals surface area (Å²) in [4.78, 5) is 42.5. The molecular weight excluding hydrogens is 466 g/mol. The van der Waals surface area contributed by atoms with Gasteiger partial charge in [0.2, 0.25) is 0 Å². The maximum absolute atomic E-state index is 13.8. The van der Waals surface area contributed by atoms with E-state index in [0.29, 0.717) is 12.1 Å². The SMILES string of the molecule is Cc1cccc(C(=O)N2CCN(C(=O)c3ccc(F)c(F)c3)C2C(=O)NCc2cccc(CN)c2)c1. The Morgan fingerprint density at radius 1 is 0.861 bits per heavy atom. The lowest BCUT2D eigenvalue weighted by Gasteiger charge is -2.29. The van der Waals surface area contributed by atoms with Crippen molar-refractivity contribution in [2.75, 3.05) is 13.1 Å². The average Bonchev–Trinajstić information content (AvgIpc) is 3.33. The fourth-order valence-electron chi connectivity index (χ4n) is 4.22. The van der Waals surface area contributed by atoms with Gasteiger partial charge in [0.05, 0.1) is 0 Å². The Balaban J connectivity index is 1.62. The van der Waals surface area contributed by atoms with Crippen LogP contribution < -0.4 is 11.1 Å². The zero-order valence-corrected chi connectivity index (χ0v) is 19.7. The smallest absolute Gasteiger partial charge is 0.264 e. The molecule has 1 heterocycles. The highest BCUT2D eigenvalue weighted by Crippen LogP contribution is 2.22. The molecule has 36 heavy (non-hydrogen) atoms. The van der Waals surface area contributed by atoms with Crippen molar-refractivity contribution < 1.29 is 23.2 Å². The fourth-order valence-corrected chi connectivity index (χ4v) is 4.22. The molecule has 3 aromatic carbocycles. The van der Waals surface area contributed by atoms with Crippen molar-refractivity contribution in [3.05, 3.63) is 106 Å². The van der Waals surface area contributed by atoms with Crippen molar-refractivity contribution in [3.8, 4) is 0 Å². The Hall–Kier alpha value is -4.11. The number of nitrogens with two attached hydrogens (primary N) is 1. The van der Waals surface area contributed by atoms with Crippen LogP contribution in [-0.4, -0.2) is 46.8 Å². The number of benzene rings is 3. The third-order valence-corrected chi connectivity index (χ3v) is 6.05. The molecule has 7 nitrogen and oxygen atoms in total. The quantitative estimate of drug-likeness (QED) is 0.553. The number of carbonyl (C=O) groups is 3. The van der Waals surface area contributed by atoms with Crippen LogP contribution in [0.3, 0.4) is 0 Å². The first-order valence-electron chi connectivity index (χ1n) is 11.5. The second-order valence-corrected chi connectivity index (χ2v) is 8.61. The van der Waals surface area contributed by atoms with E-state index in [1.54, 1.807) is 18.2 Å². The second-order valence-electron chi connectivity index (χ2n) is 8.61. The molecule has 0 spiro atoms. The van der Waals surface area contributed by atoms with Crippen LogP contribution in [0.5, 0.6) is 0 Å². The van der Waals surface area contributed by atoms with E-state index in [0.717, 1.165) is 34.9 Å². The van der Waals surface area contributed by atoms with Crippen LogP contribution in [-0.2, 0) is 17.9 Å². The predicted molar refractivity (Wildman–Crippen MR) is 130 cm³/mol. The highest BCUT2D eigenvalue weighted by Gasteiger charge is 2.43. The number of halogens is 2. The summed E-state index contributed by atoms with van der Waals surface area (Å²) in [6.07, 6.45) is -1.27. The van der Waals surface area contributed by atoms with Crippen molar-refractivity contribution in [2.45, 2.75) is 26.2 Å². The van der Waals surface area contributed by atoms with E-state index in [-0.39, 0.29) is 25.2 Å². The van der Waals surface area contributed by atoms with Crippen LogP contribution >= 0.6 is 0 Å². The fraction of sp³-hybridized carbons (Fsp3) is 0.222.